The van der Waals surface area contributed by atoms with Gasteiger partial charge in [-0.25, -0.2) is 4.98 Å². The van der Waals surface area contributed by atoms with E-state index in [4.69, 9.17) is 11.6 Å². The lowest BCUT2D eigenvalue weighted by Crippen LogP contribution is -2.04. The van der Waals surface area contributed by atoms with Gasteiger partial charge in [-0.1, -0.05) is 24.9 Å². The second-order valence-electron chi connectivity index (χ2n) is 4.05. The summed E-state index contributed by atoms with van der Waals surface area (Å²) < 4.78 is 3.22. The molecule has 2 aromatic rings. The zero-order chi connectivity index (χ0) is 13.0. The van der Waals surface area contributed by atoms with Gasteiger partial charge in [0.25, 0.3) is 0 Å². The predicted octanol–water partition coefficient (Wildman–Crippen LogP) is 4.68. The number of halogens is 2. The highest BCUT2D eigenvalue weighted by Gasteiger charge is 2.05. The van der Waals surface area contributed by atoms with Gasteiger partial charge in [0.15, 0.2) is 0 Å². The van der Waals surface area contributed by atoms with E-state index in [9.17, 15) is 0 Å². The third-order valence-corrected chi connectivity index (χ3v) is 3.77. The number of anilines is 2. The van der Waals surface area contributed by atoms with E-state index in [0.717, 1.165) is 33.2 Å². The number of unbranched alkanes of at least 4 members (excludes halogenated alkanes) is 1. The zero-order valence-corrected chi connectivity index (χ0v) is 13.1. The molecule has 0 radical (unpaired) electrons. The van der Waals surface area contributed by atoms with E-state index in [2.05, 4.69) is 44.4 Å². The maximum atomic E-state index is 5.95. The Labute approximate surface area is 126 Å². The lowest BCUT2D eigenvalue weighted by atomic mass is 10.3. The number of nitrogens with zero attached hydrogens (tertiary/aromatic N) is 2. The van der Waals surface area contributed by atoms with E-state index >= 15 is 0 Å². The predicted molar refractivity (Wildman–Crippen MR) is 84.6 cm³/mol. The second kappa shape index (κ2) is 6.43. The van der Waals surface area contributed by atoms with Crippen LogP contribution in [0.4, 0.5) is 11.6 Å². The van der Waals surface area contributed by atoms with Crippen LogP contribution < -0.4 is 5.32 Å². The van der Waals surface area contributed by atoms with Gasteiger partial charge < -0.3 is 9.88 Å². The summed E-state index contributed by atoms with van der Waals surface area (Å²) in [5, 5.41) is 4.09. The minimum Gasteiger partial charge on any atom is -0.325 e. The highest BCUT2D eigenvalue weighted by molar-refractivity contribution is 14.1. The van der Waals surface area contributed by atoms with Crippen molar-refractivity contribution in [3.05, 3.63) is 39.2 Å². The molecule has 1 heterocycles. The standard InChI is InChI=1S/C13H15ClIN3/c1-2-3-7-18-8-6-16-13(18)17-12-5-4-10(14)9-11(12)15/h4-6,8-9H,2-3,7H2,1H3,(H,16,17). The topological polar surface area (TPSA) is 29.9 Å². The number of benzene rings is 1. The van der Waals surface area contributed by atoms with Crippen LogP contribution >= 0.6 is 34.2 Å². The van der Waals surface area contributed by atoms with Gasteiger partial charge in [-0.3, -0.25) is 0 Å². The minimum absolute atomic E-state index is 0.749. The number of aromatic nitrogens is 2. The van der Waals surface area contributed by atoms with Gasteiger partial charge in [-0.15, -0.1) is 0 Å². The average Bonchev–Trinajstić information content (AvgIpc) is 2.77. The summed E-state index contributed by atoms with van der Waals surface area (Å²) in [7, 11) is 0. The fourth-order valence-corrected chi connectivity index (χ4v) is 2.66. The maximum absolute atomic E-state index is 5.95. The van der Waals surface area contributed by atoms with Gasteiger partial charge in [0.05, 0.1) is 5.69 Å². The molecular weight excluding hydrogens is 361 g/mol. The largest absolute Gasteiger partial charge is 0.325 e. The van der Waals surface area contributed by atoms with Gasteiger partial charge in [0.1, 0.15) is 0 Å². The molecule has 0 aliphatic rings. The molecule has 96 valence electrons. The highest BCUT2D eigenvalue weighted by atomic mass is 127. The molecule has 18 heavy (non-hydrogen) atoms. The van der Waals surface area contributed by atoms with Crippen molar-refractivity contribution in [3.63, 3.8) is 0 Å². The number of hydrogen-bond donors (Lipinski definition) is 1. The first-order valence-corrected chi connectivity index (χ1v) is 7.39. The van der Waals surface area contributed by atoms with Crippen LogP contribution in [0.5, 0.6) is 0 Å². The van der Waals surface area contributed by atoms with Crippen molar-refractivity contribution in [2.75, 3.05) is 5.32 Å². The normalized spacial score (nSPS) is 10.6. The van der Waals surface area contributed by atoms with Crippen molar-refractivity contribution in [3.8, 4) is 0 Å². The van der Waals surface area contributed by atoms with Gasteiger partial charge in [0.2, 0.25) is 5.95 Å². The smallest absolute Gasteiger partial charge is 0.207 e. The van der Waals surface area contributed by atoms with E-state index in [1.54, 1.807) is 0 Å². The van der Waals surface area contributed by atoms with Gasteiger partial charge in [-0.05, 0) is 47.2 Å². The SMILES string of the molecule is CCCCn1ccnc1Nc1ccc(Cl)cc1I. The molecule has 0 saturated heterocycles. The van der Waals surface area contributed by atoms with E-state index in [-0.39, 0.29) is 0 Å². The van der Waals surface area contributed by atoms with E-state index < -0.39 is 0 Å². The molecule has 0 atom stereocenters. The molecule has 0 unspecified atom stereocenters. The zero-order valence-electron chi connectivity index (χ0n) is 10.2. The van der Waals surface area contributed by atoms with Crippen LogP contribution in [0.15, 0.2) is 30.6 Å². The minimum atomic E-state index is 0.749. The third kappa shape index (κ3) is 3.38. The summed E-state index contributed by atoms with van der Waals surface area (Å²) in [6.45, 7) is 3.18. The summed E-state index contributed by atoms with van der Waals surface area (Å²) in [5.74, 6) is 0.878. The fraction of sp³-hybridized carbons (Fsp3) is 0.308. The van der Waals surface area contributed by atoms with E-state index in [1.807, 2.05) is 30.6 Å². The molecular formula is C13H15ClIN3. The Morgan fingerprint density at radius 3 is 3.00 bits per heavy atom. The number of nitrogens with one attached hydrogen (secondary N) is 1. The molecule has 0 saturated carbocycles. The quantitative estimate of drug-likeness (QED) is 0.769. The van der Waals surface area contributed by atoms with Crippen LogP contribution in [0.2, 0.25) is 5.02 Å². The number of rotatable bonds is 5. The molecule has 3 nitrogen and oxygen atoms in total. The summed E-state index contributed by atoms with van der Waals surface area (Å²) in [6.07, 6.45) is 6.15. The Morgan fingerprint density at radius 1 is 1.44 bits per heavy atom. The Kier molecular flexibility index (Phi) is 4.88. The lowest BCUT2D eigenvalue weighted by Gasteiger charge is -2.10. The third-order valence-electron chi connectivity index (χ3n) is 2.65. The Balaban J connectivity index is 2.15. The van der Waals surface area contributed by atoms with Crippen LogP contribution in [0.3, 0.4) is 0 Å². The summed E-state index contributed by atoms with van der Waals surface area (Å²) in [5.41, 5.74) is 1.03. The van der Waals surface area contributed by atoms with Crippen LogP contribution in [0.25, 0.3) is 0 Å². The van der Waals surface area contributed by atoms with Crippen LogP contribution in [-0.4, -0.2) is 9.55 Å². The van der Waals surface area contributed by atoms with E-state index in [1.165, 1.54) is 6.42 Å². The van der Waals surface area contributed by atoms with Gasteiger partial charge in [0, 0.05) is 27.5 Å². The highest BCUT2D eigenvalue weighted by Crippen LogP contribution is 2.25. The van der Waals surface area contributed by atoms with Gasteiger partial charge in [-0.2, -0.15) is 0 Å². The Hall–Kier alpha value is -0.750. The number of hydrogen-bond acceptors (Lipinski definition) is 2. The molecule has 0 fully saturated rings. The second-order valence-corrected chi connectivity index (χ2v) is 5.65. The molecule has 1 aromatic carbocycles. The van der Waals surface area contributed by atoms with Gasteiger partial charge >= 0.3 is 0 Å². The van der Waals surface area contributed by atoms with Crippen molar-refractivity contribution in [1.29, 1.82) is 0 Å². The summed E-state index contributed by atoms with van der Waals surface area (Å²) in [6, 6.07) is 5.79. The molecule has 0 aliphatic heterocycles. The van der Waals surface area contributed by atoms with Crippen molar-refractivity contribution < 1.29 is 0 Å². The molecule has 0 amide bonds. The monoisotopic (exact) mass is 375 g/mol. The summed E-state index contributed by atoms with van der Waals surface area (Å²) >= 11 is 8.21. The molecule has 0 bridgehead atoms. The molecule has 1 N–H and O–H groups in total. The molecule has 0 spiro atoms. The van der Waals surface area contributed by atoms with Crippen molar-refractivity contribution >= 4 is 45.8 Å². The summed E-state index contributed by atoms with van der Waals surface area (Å²) in [4.78, 5) is 4.34. The molecule has 5 heteroatoms. The molecule has 2 rings (SSSR count). The number of imidazole rings is 1. The van der Waals surface area contributed by atoms with E-state index in [0.29, 0.717) is 0 Å². The van der Waals surface area contributed by atoms with Crippen LogP contribution in [-0.2, 0) is 6.54 Å². The van der Waals surface area contributed by atoms with Crippen LogP contribution in [0, 0.1) is 3.57 Å². The van der Waals surface area contributed by atoms with Crippen molar-refractivity contribution in [2.24, 2.45) is 0 Å². The number of aryl methyl sites for hydroxylation is 1. The van der Waals surface area contributed by atoms with Crippen LogP contribution in [0.1, 0.15) is 19.8 Å². The Morgan fingerprint density at radius 2 is 2.28 bits per heavy atom. The first-order chi connectivity index (χ1) is 8.70. The van der Waals surface area contributed by atoms with Crippen molar-refractivity contribution in [1.82, 2.24) is 9.55 Å². The average molecular weight is 376 g/mol. The lowest BCUT2D eigenvalue weighted by molar-refractivity contribution is 0.638. The molecule has 1 aromatic heterocycles. The van der Waals surface area contributed by atoms with Crippen molar-refractivity contribution in [2.45, 2.75) is 26.3 Å². The maximum Gasteiger partial charge on any atom is 0.207 e. The first-order valence-electron chi connectivity index (χ1n) is 5.94. The fourth-order valence-electron chi connectivity index (χ4n) is 1.65. The molecule has 0 aliphatic carbocycles. The Bertz CT molecular complexity index is 525. The first kappa shape index (κ1) is 13.7.